The quantitative estimate of drug-likeness (QED) is 0.303. The highest BCUT2D eigenvalue weighted by atomic mass is 16.5. The van der Waals surface area contributed by atoms with Gasteiger partial charge in [-0.3, -0.25) is 4.79 Å². The summed E-state index contributed by atoms with van der Waals surface area (Å²) in [5.41, 5.74) is 6.01. The second-order valence-electron chi connectivity index (χ2n) is 13.4. The number of aromatic hydroxyl groups is 1. The molecule has 1 saturated heterocycles. The average Bonchev–Trinajstić information content (AvgIpc) is 3.39. The summed E-state index contributed by atoms with van der Waals surface area (Å²) in [7, 11) is 1.50. The number of H-pyrrole nitrogens is 1. The Morgan fingerprint density at radius 1 is 1.07 bits per heavy atom. The molecule has 2 saturated carbocycles. The Hall–Kier alpha value is -4.05. The maximum Gasteiger partial charge on any atom is 0.308 e. The Bertz CT molecular complexity index is 1720. The zero-order valence-electron chi connectivity index (χ0n) is 25.4. The fourth-order valence-corrected chi connectivity index (χ4v) is 8.55. The molecule has 3 fully saturated rings. The summed E-state index contributed by atoms with van der Waals surface area (Å²) in [6.07, 6.45) is 9.47. The van der Waals surface area contributed by atoms with E-state index in [4.69, 9.17) is 14.7 Å². The third-order valence-corrected chi connectivity index (χ3v) is 11.0. The molecule has 0 radical (unpaired) electrons. The fourth-order valence-electron chi connectivity index (χ4n) is 8.55. The highest BCUT2D eigenvalue weighted by Gasteiger charge is 2.56. The van der Waals surface area contributed by atoms with Gasteiger partial charge < -0.3 is 24.6 Å². The van der Waals surface area contributed by atoms with Gasteiger partial charge in [0, 0.05) is 59.0 Å². The number of fused-ring (bicyclic) bond motifs is 3. The summed E-state index contributed by atoms with van der Waals surface area (Å²) in [5, 5.41) is 20.3. The molecule has 0 bridgehead atoms. The van der Waals surface area contributed by atoms with Crippen LogP contribution >= 0.6 is 0 Å². The number of anilines is 1. The van der Waals surface area contributed by atoms with E-state index >= 15 is 0 Å². The number of aromatic nitrogens is 5. The molecule has 1 atom stereocenters. The molecule has 10 nitrogen and oxygen atoms in total. The van der Waals surface area contributed by atoms with Crippen LogP contribution in [0.5, 0.6) is 5.75 Å². The van der Waals surface area contributed by atoms with Gasteiger partial charge in [-0.15, -0.1) is 10.2 Å². The third kappa shape index (κ3) is 4.53. The van der Waals surface area contributed by atoms with Gasteiger partial charge in [0.25, 0.3) is 0 Å². The van der Waals surface area contributed by atoms with Gasteiger partial charge in [0.2, 0.25) is 5.95 Å². The lowest BCUT2D eigenvalue weighted by molar-refractivity contribution is -0.163. The van der Waals surface area contributed by atoms with Crippen molar-refractivity contribution in [3.63, 3.8) is 0 Å². The van der Waals surface area contributed by atoms with E-state index in [9.17, 15) is 9.90 Å². The van der Waals surface area contributed by atoms with Crippen molar-refractivity contribution >= 4 is 23.0 Å². The van der Waals surface area contributed by atoms with Gasteiger partial charge in [-0.25, -0.2) is 9.97 Å². The summed E-state index contributed by atoms with van der Waals surface area (Å²) in [6.45, 7) is 5.23. The number of piperidine rings is 1. The molecule has 10 heteroatoms. The number of nitrogens with one attached hydrogen (secondary N) is 1. The second kappa shape index (κ2) is 10.5. The monoisotopic (exact) mass is 593 g/mol. The van der Waals surface area contributed by atoms with Crippen LogP contribution < -0.4 is 4.90 Å². The Morgan fingerprint density at radius 3 is 2.64 bits per heavy atom. The summed E-state index contributed by atoms with van der Waals surface area (Å²) in [4.78, 5) is 30.2. The number of methoxy groups -OCH3 is 1. The number of para-hydroxylation sites is 1. The fraction of sp³-hybridized carbons (Fsp3) is 0.500. The minimum Gasteiger partial charge on any atom is -0.507 e. The van der Waals surface area contributed by atoms with Gasteiger partial charge in [0.15, 0.2) is 5.65 Å². The normalized spacial score (nSPS) is 27.1. The summed E-state index contributed by atoms with van der Waals surface area (Å²) >= 11 is 0. The first-order valence-electron chi connectivity index (χ1n) is 16.0. The topological polar surface area (TPSA) is 120 Å². The lowest BCUT2D eigenvalue weighted by Crippen LogP contribution is -2.58. The molecule has 2 aliphatic carbocycles. The minimum absolute atomic E-state index is 0.0300. The van der Waals surface area contributed by atoms with Gasteiger partial charge in [0.1, 0.15) is 5.75 Å². The number of hydrogen-bond donors (Lipinski definition) is 2. The molecule has 1 spiro atoms. The molecule has 4 aliphatic rings. The predicted octanol–water partition coefficient (Wildman–Crippen LogP) is 5.16. The first-order chi connectivity index (χ1) is 21.4. The van der Waals surface area contributed by atoms with E-state index in [2.05, 4.69) is 38.0 Å². The van der Waals surface area contributed by atoms with Crippen LogP contribution in [0, 0.1) is 11.3 Å². The number of benzene rings is 1. The number of likely N-dealkylation sites (tertiary alicyclic amines) is 1. The largest absolute Gasteiger partial charge is 0.507 e. The molecular weight excluding hydrogens is 554 g/mol. The summed E-state index contributed by atoms with van der Waals surface area (Å²) in [5.74, 6) is 1.51. The molecule has 2 aliphatic heterocycles. The van der Waals surface area contributed by atoms with Crippen LogP contribution in [0.25, 0.3) is 22.3 Å². The Balaban J connectivity index is 0.949. The molecule has 0 amide bonds. The molecular formula is C34H39N7O3. The van der Waals surface area contributed by atoms with Crippen LogP contribution in [0.3, 0.4) is 0 Å². The average molecular weight is 594 g/mol. The van der Waals surface area contributed by atoms with Crippen molar-refractivity contribution in [2.75, 3.05) is 31.6 Å². The summed E-state index contributed by atoms with van der Waals surface area (Å²) < 4.78 is 4.94. The van der Waals surface area contributed by atoms with Crippen molar-refractivity contribution in [1.29, 1.82) is 0 Å². The number of nitrogens with zero attached hydrogens (tertiary/aromatic N) is 6. The van der Waals surface area contributed by atoms with Crippen molar-refractivity contribution in [3.05, 3.63) is 59.5 Å². The van der Waals surface area contributed by atoms with Crippen LogP contribution in [0.15, 0.2) is 42.6 Å². The van der Waals surface area contributed by atoms with Crippen LogP contribution in [0.1, 0.15) is 74.4 Å². The van der Waals surface area contributed by atoms with E-state index < -0.39 is 0 Å². The van der Waals surface area contributed by atoms with Crippen molar-refractivity contribution in [2.24, 2.45) is 11.3 Å². The molecule has 0 unspecified atom stereocenters. The first-order valence-corrected chi connectivity index (χ1v) is 16.0. The molecule has 4 aromatic rings. The number of rotatable bonds is 5. The Kier molecular flexibility index (Phi) is 6.59. The molecule has 228 valence electrons. The number of ether oxygens (including phenoxy) is 1. The third-order valence-electron chi connectivity index (χ3n) is 11.0. The first kappa shape index (κ1) is 27.5. The van der Waals surface area contributed by atoms with Crippen LogP contribution in [0.2, 0.25) is 0 Å². The highest BCUT2D eigenvalue weighted by Crippen LogP contribution is 2.60. The van der Waals surface area contributed by atoms with Crippen molar-refractivity contribution in [3.8, 4) is 17.0 Å². The SMILES string of the molecule is COC(=O)C1CC2(C1)CC(N1CCC(c3ccnc(N4CCc5[nH]c6nnc(-c7ccccc7O)cc6c5[C@@H]4C)n3)CC1)C2. The number of carbonyl (C=O) groups is 1. The lowest BCUT2D eigenvalue weighted by atomic mass is 9.49. The Morgan fingerprint density at radius 2 is 1.86 bits per heavy atom. The molecule has 3 aromatic heterocycles. The van der Waals surface area contributed by atoms with Gasteiger partial charge in [0.05, 0.1) is 24.8 Å². The predicted molar refractivity (Wildman–Crippen MR) is 166 cm³/mol. The number of aromatic amines is 1. The van der Waals surface area contributed by atoms with Crippen molar-refractivity contribution in [1.82, 2.24) is 30.0 Å². The number of phenolic OH excluding ortho intramolecular Hbond substituents is 1. The lowest BCUT2D eigenvalue weighted by Gasteiger charge is -2.60. The van der Waals surface area contributed by atoms with E-state index in [1.165, 1.54) is 31.2 Å². The zero-order chi connectivity index (χ0) is 30.0. The number of phenols is 1. The molecule has 2 N–H and O–H groups in total. The smallest absolute Gasteiger partial charge is 0.308 e. The number of carbonyl (C=O) groups excluding carboxylic acids is 1. The van der Waals surface area contributed by atoms with E-state index in [1.807, 2.05) is 30.5 Å². The van der Waals surface area contributed by atoms with E-state index in [-0.39, 0.29) is 23.7 Å². The summed E-state index contributed by atoms with van der Waals surface area (Å²) in [6, 6.07) is 12.1. The molecule has 8 rings (SSSR count). The maximum atomic E-state index is 11.8. The van der Waals surface area contributed by atoms with E-state index in [0.717, 1.165) is 74.4 Å². The molecule has 44 heavy (non-hydrogen) atoms. The zero-order valence-corrected chi connectivity index (χ0v) is 25.4. The molecule has 5 heterocycles. The van der Waals surface area contributed by atoms with Crippen LogP contribution in [-0.4, -0.2) is 73.9 Å². The van der Waals surface area contributed by atoms with Gasteiger partial charge in [-0.05, 0) is 88.2 Å². The van der Waals surface area contributed by atoms with Crippen molar-refractivity contribution < 1.29 is 14.6 Å². The van der Waals surface area contributed by atoms with E-state index in [1.54, 1.807) is 6.07 Å². The number of esters is 1. The number of hydrogen-bond acceptors (Lipinski definition) is 9. The van der Waals surface area contributed by atoms with Gasteiger partial charge >= 0.3 is 5.97 Å². The highest BCUT2D eigenvalue weighted by molar-refractivity contribution is 5.86. The Labute approximate surface area is 256 Å². The second-order valence-corrected chi connectivity index (χ2v) is 13.4. The molecule has 1 aromatic carbocycles. The van der Waals surface area contributed by atoms with Gasteiger partial charge in [-0.2, -0.15) is 0 Å². The van der Waals surface area contributed by atoms with Crippen LogP contribution in [0.4, 0.5) is 5.95 Å². The van der Waals surface area contributed by atoms with E-state index in [0.29, 0.717) is 28.6 Å². The minimum atomic E-state index is -0.0300. The van der Waals surface area contributed by atoms with Crippen LogP contribution in [-0.2, 0) is 16.0 Å². The maximum absolute atomic E-state index is 11.8. The standard InChI is InChI=1S/C34H39N7O3/c1-20-30-25-15-28(24-5-3-4-6-29(24)42)38-39-31(25)36-27(30)10-14-41(20)33-35-11-7-26(37-33)21-8-12-40(13-9-21)23-18-34(19-23)16-22(17-34)32(43)44-2/h3-7,11,15,20-23,42H,8-10,12-14,16-19H2,1-2H3,(H,36,39)/t20-,22?,23?,34?/m0/s1. The van der Waals surface area contributed by atoms with Crippen molar-refractivity contribution in [2.45, 2.75) is 69.9 Å². The van der Waals surface area contributed by atoms with Gasteiger partial charge in [-0.1, -0.05) is 12.1 Å².